The fourth-order valence-corrected chi connectivity index (χ4v) is 2.43. The minimum absolute atomic E-state index is 0.129. The Hall–Kier alpha value is -3.02. The summed E-state index contributed by atoms with van der Waals surface area (Å²) in [6.45, 7) is 8.01. The Balaban J connectivity index is 2.07. The summed E-state index contributed by atoms with van der Waals surface area (Å²) in [5, 5.41) is 2.76. The van der Waals surface area contributed by atoms with E-state index in [-0.39, 0.29) is 19.1 Å². The number of ether oxygens (including phenoxy) is 3. The molecule has 0 spiro atoms. The van der Waals surface area contributed by atoms with Crippen LogP contribution in [0.1, 0.15) is 35.3 Å². The molecule has 0 fully saturated rings. The zero-order chi connectivity index (χ0) is 19.8. The molecule has 2 rings (SSSR count). The molecular formula is C21H25NO5. The molecule has 0 aliphatic heterocycles. The van der Waals surface area contributed by atoms with Crippen LogP contribution in [-0.4, -0.2) is 31.7 Å². The summed E-state index contributed by atoms with van der Waals surface area (Å²) >= 11 is 0. The first-order valence-electron chi connectivity index (χ1n) is 8.88. The van der Waals surface area contributed by atoms with E-state index in [0.717, 1.165) is 11.1 Å². The smallest absolute Gasteiger partial charge is 0.338 e. The third kappa shape index (κ3) is 5.74. The van der Waals surface area contributed by atoms with Crippen molar-refractivity contribution < 1.29 is 23.8 Å². The standard InChI is InChI=1S/C21H25NO5/c1-5-25-19-12-16(21(24)26-6-2)9-10-17(19)22-20(23)13-27-18-11-14(3)7-8-15(18)4/h7-12H,5-6,13H2,1-4H3,(H,22,23). The third-order valence-electron chi connectivity index (χ3n) is 3.77. The van der Waals surface area contributed by atoms with Crippen LogP contribution in [0.15, 0.2) is 36.4 Å². The molecule has 2 aromatic carbocycles. The lowest BCUT2D eigenvalue weighted by Gasteiger charge is -2.14. The Labute approximate surface area is 159 Å². The minimum Gasteiger partial charge on any atom is -0.492 e. The molecule has 0 bridgehead atoms. The molecule has 1 amide bonds. The number of benzene rings is 2. The lowest BCUT2D eigenvalue weighted by atomic mass is 10.1. The van der Waals surface area contributed by atoms with E-state index in [1.807, 2.05) is 39.0 Å². The van der Waals surface area contributed by atoms with Gasteiger partial charge in [-0.2, -0.15) is 0 Å². The van der Waals surface area contributed by atoms with Crippen molar-refractivity contribution >= 4 is 17.6 Å². The van der Waals surface area contributed by atoms with Crippen molar-refractivity contribution in [2.45, 2.75) is 27.7 Å². The van der Waals surface area contributed by atoms with Crippen LogP contribution >= 0.6 is 0 Å². The molecule has 0 aliphatic carbocycles. The average Bonchev–Trinajstić information content (AvgIpc) is 2.64. The van der Waals surface area contributed by atoms with E-state index in [9.17, 15) is 9.59 Å². The lowest BCUT2D eigenvalue weighted by molar-refractivity contribution is -0.118. The molecule has 0 heterocycles. The quantitative estimate of drug-likeness (QED) is 0.713. The number of amides is 1. The number of carbonyl (C=O) groups is 2. The van der Waals surface area contributed by atoms with Gasteiger partial charge in [-0.15, -0.1) is 0 Å². The summed E-state index contributed by atoms with van der Waals surface area (Å²) in [7, 11) is 0. The summed E-state index contributed by atoms with van der Waals surface area (Å²) in [5.74, 6) is 0.325. The maximum Gasteiger partial charge on any atom is 0.338 e. The Bertz CT molecular complexity index is 816. The molecule has 0 radical (unpaired) electrons. The molecule has 6 nitrogen and oxygen atoms in total. The number of esters is 1. The Kier molecular flexibility index (Phi) is 7.23. The molecular weight excluding hydrogens is 346 g/mol. The second kappa shape index (κ2) is 9.62. The van der Waals surface area contributed by atoms with Gasteiger partial charge in [0.15, 0.2) is 6.61 Å². The first kappa shape index (κ1) is 20.3. The Morgan fingerprint density at radius 1 is 0.926 bits per heavy atom. The number of carbonyl (C=O) groups excluding carboxylic acids is 2. The Morgan fingerprint density at radius 2 is 1.70 bits per heavy atom. The van der Waals surface area contributed by atoms with Crippen LogP contribution < -0.4 is 14.8 Å². The van der Waals surface area contributed by atoms with Gasteiger partial charge in [0.05, 0.1) is 24.5 Å². The van der Waals surface area contributed by atoms with Gasteiger partial charge in [-0.1, -0.05) is 12.1 Å². The number of rotatable bonds is 8. The second-order valence-electron chi connectivity index (χ2n) is 5.97. The van der Waals surface area contributed by atoms with E-state index < -0.39 is 5.97 Å². The van der Waals surface area contributed by atoms with Crippen LogP contribution in [0.4, 0.5) is 5.69 Å². The zero-order valence-corrected chi connectivity index (χ0v) is 16.1. The number of nitrogens with one attached hydrogen (secondary N) is 1. The number of hydrogen-bond donors (Lipinski definition) is 1. The molecule has 1 N–H and O–H groups in total. The predicted molar refractivity (Wildman–Crippen MR) is 104 cm³/mol. The van der Waals surface area contributed by atoms with Crippen molar-refractivity contribution in [3.8, 4) is 11.5 Å². The highest BCUT2D eigenvalue weighted by atomic mass is 16.5. The maximum atomic E-state index is 12.3. The van der Waals surface area contributed by atoms with Gasteiger partial charge in [-0.05, 0) is 63.1 Å². The topological polar surface area (TPSA) is 73.9 Å². The van der Waals surface area contributed by atoms with E-state index in [0.29, 0.717) is 29.4 Å². The molecule has 144 valence electrons. The van der Waals surface area contributed by atoms with Gasteiger partial charge in [-0.3, -0.25) is 4.79 Å². The zero-order valence-electron chi connectivity index (χ0n) is 16.1. The summed E-state index contributed by atoms with van der Waals surface area (Å²) in [4.78, 5) is 24.1. The van der Waals surface area contributed by atoms with E-state index in [2.05, 4.69) is 5.32 Å². The number of hydrogen-bond acceptors (Lipinski definition) is 5. The predicted octanol–water partition coefficient (Wildman–Crippen LogP) is 3.90. The average molecular weight is 371 g/mol. The lowest BCUT2D eigenvalue weighted by Crippen LogP contribution is -2.21. The molecule has 0 saturated carbocycles. The van der Waals surface area contributed by atoms with Crippen LogP contribution in [0.2, 0.25) is 0 Å². The normalized spacial score (nSPS) is 10.2. The fourth-order valence-electron chi connectivity index (χ4n) is 2.43. The summed E-state index contributed by atoms with van der Waals surface area (Å²) < 4.78 is 16.1. The fraction of sp³-hybridized carbons (Fsp3) is 0.333. The van der Waals surface area contributed by atoms with Gasteiger partial charge in [0.1, 0.15) is 11.5 Å². The third-order valence-corrected chi connectivity index (χ3v) is 3.77. The van der Waals surface area contributed by atoms with Gasteiger partial charge in [0.25, 0.3) is 5.91 Å². The van der Waals surface area contributed by atoms with Gasteiger partial charge in [0.2, 0.25) is 0 Å². The van der Waals surface area contributed by atoms with Crippen molar-refractivity contribution in [1.29, 1.82) is 0 Å². The molecule has 2 aromatic rings. The van der Waals surface area contributed by atoms with Crippen LogP contribution in [0.3, 0.4) is 0 Å². The van der Waals surface area contributed by atoms with Gasteiger partial charge >= 0.3 is 5.97 Å². The first-order valence-corrected chi connectivity index (χ1v) is 8.88. The van der Waals surface area contributed by atoms with Crippen molar-refractivity contribution in [2.24, 2.45) is 0 Å². The summed E-state index contributed by atoms with van der Waals surface area (Å²) in [5.41, 5.74) is 2.86. The summed E-state index contributed by atoms with van der Waals surface area (Å²) in [6, 6.07) is 10.6. The second-order valence-corrected chi connectivity index (χ2v) is 5.97. The molecule has 6 heteroatoms. The van der Waals surface area contributed by atoms with Crippen LogP contribution in [-0.2, 0) is 9.53 Å². The molecule has 0 saturated heterocycles. The van der Waals surface area contributed by atoms with Crippen molar-refractivity contribution in [3.05, 3.63) is 53.1 Å². The molecule has 0 unspecified atom stereocenters. The molecule has 0 aliphatic rings. The largest absolute Gasteiger partial charge is 0.492 e. The van der Waals surface area contributed by atoms with Crippen molar-refractivity contribution in [2.75, 3.05) is 25.1 Å². The van der Waals surface area contributed by atoms with Crippen LogP contribution in [0.25, 0.3) is 0 Å². The van der Waals surface area contributed by atoms with E-state index >= 15 is 0 Å². The Morgan fingerprint density at radius 3 is 2.41 bits per heavy atom. The van der Waals surface area contributed by atoms with Crippen molar-refractivity contribution in [3.63, 3.8) is 0 Å². The summed E-state index contributed by atoms with van der Waals surface area (Å²) in [6.07, 6.45) is 0. The van der Waals surface area contributed by atoms with Crippen LogP contribution in [0, 0.1) is 13.8 Å². The van der Waals surface area contributed by atoms with Gasteiger partial charge in [0, 0.05) is 0 Å². The van der Waals surface area contributed by atoms with Gasteiger partial charge < -0.3 is 19.5 Å². The highest BCUT2D eigenvalue weighted by Gasteiger charge is 2.14. The highest BCUT2D eigenvalue weighted by Crippen LogP contribution is 2.27. The van der Waals surface area contributed by atoms with Crippen LogP contribution in [0.5, 0.6) is 11.5 Å². The highest BCUT2D eigenvalue weighted by molar-refractivity contribution is 5.95. The van der Waals surface area contributed by atoms with E-state index in [4.69, 9.17) is 14.2 Å². The number of anilines is 1. The molecule has 0 atom stereocenters. The SMILES string of the molecule is CCOC(=O)c1ccc(NC(=O)COc2cc(C)ccc2C)c(OCC)c1. The minimum atomic E-state index is -0.436. The molecule has 0 aromatic heterocycles. The first-order chi connectivity index (χ1) is 12.9. The number of aryl methyl sites for hydroxylation is 2. The van der Waals surface area contributed by atoms with E-state index in [1.165, 1.54) is 0 Å². The van der Waals surface area contributed by atoms with Gasteiger partial charge in [-0.25, -0.2) is 4.79 Å². The molecule has 27 heavy (non-hydrogen) atoms. The van der Waals surface area contributed by atoms with E-state index in [1.54, 1.807) is 25.1 Å². The maximum absolute atomic E-state index is 12.3. The van der Waals surface area contributed by atoms with Crippen molar-refractivity contribution in [1.82, 2.24) is 0 Å². The monoisotopic (exact) mass is 371 g/mol.